The Morgan fingerprint density at radius 1 is 1.19 bits per heavy atom. The first kappa shape index (κ1) is 18.0. The molecule has 1 aromatic rings. The van der Waals surface area contributed by atoms with E-state index in [-0.39, 0.29) is 18.0 Å². The zero-order valence-electron chi connectivity index (χ0n) is 16.0. The Bertz CT molecular complexity index is 768. The molecular formula is C20H27N4O3+. The van der Waals surface area contributed by atoms with Gasteiger partial charge in [0.1, 0.15) is 13.1 Å². The lowest BCUT2D eigenvalue weighted by atomic mass is 9.95. The number of aryl methyl sites for hydroxylation is 1. The summed E-state index contributed by atoms with van der Waals surface area (Å²) in [4.78, 5) is 30.5. The number of carbonyl (C=O) groups excluding carboxylic acids is 2. The number of hydrogen-bond donors (Lipinski definition) is 2. The van der Waals surface area contributed by atoms with Crippen molar-refractivity contribution < 1.29 is 19.2 Å². The van der Waals surface area contributed by atoms with E-state index in [4.69, 9.17) is 4.74 Å². The van der Waals surface area contributed by atoms with E-state index in [1.165, 1.54) is 4.90 Å². The van der Waals surface area contributed by atoms with Gasteiger partial charge in [-0.05, 0) is 12.5 Å². The van der Waals surface area contributed by atoms with E-state index in [1.807, 2.05) is 36.1 Å². The number of nitrogens with zero attached hydrogens (tertiary/aromatic N) is 2. The van der Waals surface area contributed by atoms with Gasteiger partial charge in [0.25, 0.3) is 5.91 Å². The van der Waals surface area contributed by atoms with Crippen LogP contribution in [0.25, 0.3) is 0 Å². The third kappa shape index (κ3) is 3.44. The van der Waals surface area contributed by atoms with E-state index >= 15 is 0 Å². The predicted octanol–water partition coefficient (Wildman–Crippen LogP) is -0.297. The summed E-state index contributed by atoms with van der Waals surface area (Å²) < 4.78 is 5.41. The van der Waals surface area contributed by atoms with Gasteiger partial charge in [-0.2, -0.15) is 0 Å². The number of carbonyl (C=O) groups is 2. The van der Waals surface area contributed by atoms with Gasteiger partial charge < -0.3 is 19.9 Å². The third-order valence-electron chi connectivity index (χ3n) is 5.78. The van der Waals surface area contributed by atoms with Crippen LogP contribution in [0.5, 0.6) is 0 Å². The molecule has 0 radical (unpaired) electrons. The highest BCUT2D eigenvalue weighted by atomic mass is 16.5. The van der Waals surface area contributed by atoms with Crippen LogP contribution in [0.3, 0.4) is 0 Å². The molecule has 1 atom stereocenters. The van der Waals surface area contributed by atoms with Crippen LogP contribution >= 0.6 is 0 Å². The average molecular weight is 371 g/mol. The first-order chi connectivity index (χ1) is 13.0. The number of benzene rings is 1. The number of nitrogens with one attached hydrogen (secondary N) is 2. The summed E-state index contributed by atoms with van der Waals surface area (Å²) in [6.45, 7) is 7.69. The van der Waals surface area contributed by atoms with Gasteiger partial charge in [-0.1, -0.05) is 29.8 Å². The zero-order chi connectivity index (χ0) is 19.0. The Kier molecular flexibility index (Phi) is 4.88. The maximum Gasteiger partial charge on any atom is 0.322 e. The lowest BCUT2D eigenvalue weighted by Crippen LogP contribution is -3.14. The Hall–Kier alpha value is -2.38. The van der Waals surface area contributed by atoms with Crippen molar-refractivity contribution in [2.75, 3.05) is 53.0 Å². The number of ether oxygens (including phenoxy) is 1. The van der Waals surface area contributed by atoms with Crippen LogP contribution in [0.15, 0.2) is 35.5 Å². The summed E-state index contributed by atoms with van der Waals surface area (Å²) in [7, 11) is 1.74. The highest BCUT2D eigenvalue weighted by molar-refractivity contribution is 6.01. The standard InChI is InChI=1S/C20H26N4O3/c1-14-3-5-15(6-4-14)18-17-16(22(2)20(26)21-18)13-24(19(17)25)8-7-23-9-11-27-12-10-23/h3-6,18H,7-13H2,1-2H3,(H,21,26)/p+1/t18-/m1/s1. The smallest absolute Gasteiger partial charge is 0.322 e. The number of morpholine rings is 1. The number of hydrogen-bond acceptors (Lipinski definition) is 3. The van der Waals surface area contributed by atoms with Gasteiger partial charge in [0.05, 0.1) is 50.2 Å². The third-order valence-corrected chi connectivity index (χ3v) is 5.78. The van der Waals surface area contributed by atoms with Crippen molar-refractivity contribution in [3.05, 3.63) is 46.7 Å². The lowest BCUT2D eigenvalue weighted by molar-refractivity contribution is -0.907. The van der Waals surface area contributed by atoms with Crippen LogP contribution in [0.2, 0.25) is 0 Å². The molecule has 7 heteroatoms. The van der Waals surface area contributed by atoms with Crippen LogP contribution in [-0.2, 0) is 9.53 Å². The highest BCUT2D eigenvalue weighted by Crippen LogP contribution is 2.35. The molecular weight excluding hydrogens is 344 g/mol. The van der Waals surface area contributed by atoms with Crippen molar-refractivity contribution in [3.63, 3.8) is 0 Å². The monoisotopic (exact) mass is 371 g/mol. The van der Waals surface area contributed by atoms with Crippen LogP contribution in [0, 0.1) is 6.92 Å². The van der Waals surface area contributed by atoms with Gasteiger partial charge in [-0.15, -0.1) is 0 Å². The van der Waals surface area contributed by atoms with Gasteiger partial charge in [-0.3, -0.25) is 9.69 Å². The summed E-state index contributed by atoms with van der Waals surface area (Å²) in [5, 5.41) is 2.99. The number of quaternary nitrogens is 1. The van der Waals surface area contributed by atoms with E-state index in [0.29, 0.717) is 18.7 Å². The summed E-state index contributed by atoms with van der Waals surface area (Å²) >= 11 is 0. The molecule has 3 amide bonds. The van der Waals surface area contributed by atoms with Gasteiger partial charge in [0.2, 0.25) is 0 Å². The first-order valence-electron chi connectivity index (χ1n) is 9.59. The molecule has 3 aliphatic heterocycles. The number of urea groups is 1. The van der Waals surface area contributed by atoms with Crippen molar-refractivity contribution in [2.24, 2.45) is 0 Å². The molecule has 3 aliphatic rings. The van der Waals surface area contributed by atoms with Crippen LogP contribution in [-0.4, -0.2) is 74.7 Å². The zero-order valence-corrected chi connectivity index (χ0v) is 16.0. The second kappa shape index (κ2) is 7.32. The molecule has 0 unspecified atom stereocenters. The normalized spacial score (nSPS) is 23.7. The average Bonchev–Trinajstić information content (AvgIpc) is 3.01. The fourth-order valence-electron chi connectivity index (χ4n) is 4.02. The number of amides is 3. The molecule has 1 fully saturated rings. The highest BCUT2D eigenvalue weighted by Gasteiger charge is 2.42. The Balaban J connectivity index is 1.53. The van der Waals surface area contributed by atoms with Gasteiger partial charge in [-0.25, -0.2) is 4.79 Å². The molecule has 0 aromatic heterocycles. The Morgan fingerprint density at radius 2 is 1.89 bits per heavy atom. The van der Waals surface area contributed by atoms with Crippen LogP contribution in [0.4, 0.5) is 4.79 Å². The van der Waals surface area contributed by atoms with Crippen molar-refractivity contribution >= 4 is 11.9 Å². The molecule has 0 saturated carbocycles. The van der Waals surface area contributed by atoms with E-state index in [0.717, 1.165) is 49.7 Å². The van der Waals surface area contributed by atoms with Crippen LogP contribution < -0.4 is 10.2 Å². The quantitative estimate of drug-likeness (QED) is 0.764. The molecule has 2 N–H and O–H groups in total. The van der Waals surface area contributed by atoms with E-state index in [1.54, 1.807) is 11.9 Å². The van der Waals surface area contributed by atoms with E-state index in [2.05, 4.69) is 5.32 Å². The minimum atomic E-state index is -0.377. The molecule has 0 aliphatic carbocycles. The van der Waals surface area contributed by atoms with Crippen molar-refractivity contribution in [3.8, 4) is 0 Å². The molecule has 0 spiro atoms. The summed E-state index contributed by atoms with van der Waals surface area (Å²) in [6, 6.07) is 7.47. The summed E-state index contributed by atoms with van der Waals surface area (Å²) in [6.07, 6.45) is 0. The van der Waals surface area contributed by atoms with E-state index < -0.39 is 0 Å². The Labute approximate surface area is 159 Å². The summed E-state index contributed by atoms with van der Waals surface area (Å²) in [5.41, 5.74) is 3.63. The molecule has 27 heavy (non-hydrogen) atoms. The van der Waals surface area contributed by atoms with E-state index in [9.17, 15) is 9.59 Å². The van der Waals surface area contributed by atoms with Crippen molar-refractivity contribution in [2.45, 2.75) is 13.0 Å². The minimum Gasteiger partial charge on any atom is -0.370 e. The fourth-order valence-corrected chi connectivity index (χ4v) is 4.02. The molecule has 7 nitrogen and oxygen atoms in total. The SMILES string of the molecule is Cc1ccc([C@H]2NC(=O)N(C)C3=C2C(=O)N(CC[NH+]2CCOCC2)C3)cc1. The molecule has 144 valence electrons. The largest absolute Gasteiger partial charge is 0.370 e. The van der Waals surface area contributed by atoms with Crippen molar-refractivity contribution in [1.82, 2.24) is 15.1 Å². The number of likely N-dealkylation sites (N-methyl/N-ethyl adjacent to an activating group) is 1. The topological polar surface area (TPSA) is 66.3 Å². The predicted molar refractivity (Wildman–Crippen MR) is 100 cm³/mol. The molecule has 4 rings (SSSR count). The fraction of sp³-hybridized carbons (Fsp3) is 0.500. The van der Waals surface area contributed by atoms with Crippen molar-refractivity contribution in [1.29, 1.82) is 0 Å². The second-order valence-corrected chi connectivity index (χ2v) is 7.55. The molecule has 0 bridgehead atoms. The van der Waals surface area contributed by atoms with Gasteiger partial charge in [0, 0.05) is 7.05 Å². The first-order valence-corrected chi connectivity index (χ1v) is 9.59. The lowest BCUT2D eigenvalue weighted by Gasteiger charge is -2.31. The van der Waals surface area contributed by atoms with Gasteiger partial charge >= 0.3 is 6.03 Å². The van der Waals surface area contributed by atoms with Crippen LogP contribution in [0.1, 0.15) is 17.2 Å². The maximum atomic E-state index is 13.2. The molecule has 1 aromatic carbocycles. The maximum absolute atomic E-state index is 13.2. The molecule has 3 heterocycles. The van der Waals surface area contributed by atoms with Gasteiger partial charge in [0.15, 0.2) is 0 Å². The molecule has 1 saturated heterocycles. The number of rotatable bonds is 4. The minimum absolute atomic E-state index is 0.0371. The summed E-state index contributed by atoms with van der Waals surface area (Å²) in [5.74, 6) is 0.0371. The Morgan fingerprint density at radius 3 is 2.59 bits per heavy atom. The second-order valence-electron chi connectivity index (χ2n) is 7.55.